The minimum absolute atomic E-state index is 0.172. The number of rotatable bonds is 3. The Balaban J connectivity index is 1.50. The first-order chi connectivity index (χ1) is 11.6. The van der Waals surface area contributed by atoms with Gasteiger partial charge in [0.05, 0.1) is 0 Å². The predicted molar refractivity (Wildman–Crippen MR) is 101 cm³/mol. The van der Waals surface area contributed by atoms with Crippen LogP contribution in [-0.4, -0.2) is 41.1 Å². The molecule has 0 atom stereocenters. The van der Waals surface area contributed by atoms with Crippen molar-refractivity contribution in [1.82, 2.24) is 9.80 Å². The molecule has 3 rings (SSSR count). The lowest BCUT2D eigenvalue weighted by atomic mass is 10.2. The van der Waals surface area contributed by atoms with E-state index in [9.17, 15) is 4.39 Å². The highest BCUT2D eigenvalue weighted by atomic mass is 32.1. The van der Waals surface area contributed by atoms with Gasteiger partial charge in [-0.15, -0.1) is 0 Å². The minimum Gasteiger partial charge on any atom is -0.346 e. The van der Waals surface area contributed by atoms with E-state index in [0.29, 0.717) is 0 Å². The Labute approximate surface area is 148 Å². The molecule has 1 heterocycles. The van der Waals surface area contributed by atoms with Gasteiger partial charge in [0.15, 0.2) is 5.11 Å². The fourth-order valence-corrected chi connectivity index (χ4v) is 3.23. The van der Waals surface area contributed by atoms with Gasteiger partial charge in [0.25, 0.3) is 0 Å². The van der Waals surface area contributed by atoms with Gasteiger partial charge in [-0.05, 0) is 54.5 Å². The highest BCUT2D eigenvalue weighted by Crippen LogP contribution is 2.13. The molecule has 0 radical (unpaired) electrons. The third-order valence-corrected chi connectivity index (χ3v) is 4.58. The topological polar surface area (TPSA) is 18.5 Å². The molecule has 0 unspecified atom stereocenters. The first kappa shape index (κ1) is 16.9. The monoisotopic (exact) mass is 343 g/mol. The number of nitrogens with one attached hydrogen (secondary N) is 1. The smallest absolute Gasteiger partial charge is 0.173 e. The van der Waals surface area contributed by atoms with Crippen LogP contribution >= 0.6 is 12.2 Å². The summed E-state index contributed by atoms with van der Waals surface area (Å²) in [7, 11) is 0. The first-order valence-electron chi connectivity index (χ1n) is 8.19. The summed E-state index contributed by atoms with van der Waals surface area (Å²) in [6.07, 6.45) is 0. The molecule has 1 aliphatic heterocycles. The summed E-state index contributed by atoms with van der Waals surface area (Å²) in [5.41, 5.74) is 3.26. The fraction of sp³-hybridized carbons (Fsp3) is 0.316. The standard InChI is InChI=1S/C19H22FN3S/c1-15-4-2-7-18(12-15)21-19(24)23-10-8-22(9-11-23)14-16-5-3-6-17(20)13-16/h2-7,12-13H,8-11,14H2,1H3,(H,21,24). The molecule has 1 aliphatic rings. The van der Waals surface area contributed by atoms with E-state index >= 15 is 0 Å². The molecular weight excluding hydrogens is 321 g/mol. The summed E-state index contributed by atoms with van der Waals surface area (Å²) in [4.78, 5) is 4.53. The van der Waals surface area contributed by atoms with Crippen molar-refractivity contribution in [1.29, 1.82) is 0 Å². The van der Waals surface area contributed by atoms with E-state index < -0.39 is 0 Å². The Hall–Kier alpha value is -1.98. The lowest BCUT2D eigenvalue weighted by Gasteiger charge is -2.36. The van der Waals surface area contributed by atoms with Gasteiger partial charge >= 0.3 is 0 Å². The van der Waals surface area contributed by atoms with Crippen LogP contribution in [0.1, 0.15) is 11.1 Å². The van der Waals surface area contributed by atoms with E-state index in [-0.39, 0.29) is 5.82 Å². The summed E-state index contributed by atoms with van der Waals surface area (Å²) in [6.45, 7) is 6.46. The van der Waals surface area contributed by atoms with Gasteiger partial charge in [-0.2, -0.15) is 0 Å². The highest BCUT2D eigenvalue weighted by molar-refractivity contribution is 7.80. The summed E-state index contributed by atoms with van der Waals surface area (Å²) in [6, 6.07) is 15.0. The zero-order valence-electron chi connectivity index (χ0n) is 13.8. The van der Waals surface area contributed by atoms with Crippen molar-refractivity contribution in [3.8, 4) is 0 Å². The lowest BCUT2D eigenvalue weighted by Crippen LogP contribution is -2.49. The van der Waals surface area contributed by atoms with E-state index in [0.717, 1.165) is 49.1 Å². The molecule has 0 saturated carbocycles. The number of thiocarbonyl (C=S) groups is 1. The Bertz CT molecular complexity index is 711. The van der Waals surface area contributed by atoms with Gasteiger partial charge in [-0.3, -0.25) is 4.90 Å². The Kier molecular flexibility index (Phi) is 5.43. The number of hydrogen-bond donors (Lipinski definition) is 1. The van der Waals surface area contributed by atoms with Crippen molar-refractivity contribution >= 4 is 23.0 Å². The van der Waals surface area contributed by atoms with Crippen molar-refractivity contribution in [2.24, 2.45) is 0 Å². The maximum absolute atomic E-state index is 13.3. The zero-order chi connectivity index (χ0) is 16.9. The molecule has 3 nitrogen and oxygen atoms in total. The van der Waals surface area contributed by atoms with E-state index in [1.807, 2.05) is 18.2 Å². The maximum atomic E-state index is 13.3. The van der Waals surface area contributed by atoms with Crippen LogP contribution in [0, 0.1) is 12.7 Å². The second kappa shape index (κ2) is 7.73. The molecule has 2 aromatic carbocycles. The zero-order valence-corrected chi connectivity index (χ0v) is 14.7. The largest absolute Gasteiger partial charge is 0.346 e. The molecule has 1 saturated heterocycles. The van der Waals surface area contributed by atoms with E-state index in [1.54, 1.807) is 12.1 Å². The molecule has 0 aromatic heterocycles. The maximum Gasteiger partial charge on any atom is 0.173 e. The molecule has 5 heteroatoms. The summed E-state index contributed by atoms with van der Waals surface area (Å²) >= 11 is 5.53. The quantitative estimate of drug-likeness (QED) is 0.857. The molecule has 1 fully saturated rings. The van der Waals surface area contributed by atoms with Gasteiger partial charge in [0, 0.05) is 38.4 Å². The van der Waals surface area contributed by atoms with Crippen LogP contribution in [0.3, 0.4) is 0 Å². The van der Waals surface area contributed by atoms with Crippen LogP contribution in [0.5, 0.6) is 0 Å². The first-order valence-corrected chi connectivity index (χ1v) is 8.60. The van der Waals surface area contributed by atoms with Gasteiger partial charge in [-0.25, -0.2) is 4.39 Å². The lowest BCUT2D eigenvalue weighted by molar-refractivity contribution is 0.177. The van der Waals surface area contributed by atoms with Crippen LogP contribution in [0.2, 0.25) is 0 Å². The Morgan fingerprint density at radius 1 is 1.08 bits per heavy atom. The van der Waals surface area contributed by atoms with Crippen molar-refractivity contribution in [2.75, 3.05) is 31.5 Å². The Morgan fingerprint density at radius 2 is 1.83 bits per heavy atom. The van der Waals surface area contributed by atoms with Crippen LogP contribution < -0.4 is 5.32 Å². The highest BCUT2D eigenvalue weighted by Gasteiger charge is 2.19. The molecule has 24 heavy (non-hydrogen) atoms. The molecule has 0 aliphatic carbocycles. The molecule has 0 amide bonds. The van der Waals surface area contributed by atoms with Gasteiger partial charge < -0.3 is 10.2 Å². The van der Waals surface area contributed by atoms with Crippen LogP contribution in [0.15, 0.2) is 48.5 Å². The van der Waals surface area contributed by atoms with Gasteiger partial charge in [0.1, 0.15) is 5.82 Å². The molecular formula is C19H22FN3S. The predicted octanol–water partition coefficient (Wildman–Crippen LogP) is 3.65. The third kappa shape index (κ3) is 4.52. The van der Waals surface area contributed by atoms with Gasteiger partial charge in [-0.1, -0.05) is 24.3 Å². The number of hydrogen-bond acceptors (Lipinski definition) is 2. The van der Waals surface area contributed by atoms with Crippen LogP contribution in [0.25, 0.3) is 0 Å². The number of anilines is 1. The number of benzene rings is 2. The minimum atomic E-state index is -0.172. The van der Waals surface area contributed by atoms with Crippen LogP contribution in [0.4, 0.5) is 10.1 Å². The second-order valence-corrected chi connectivity index (χ2v) is 6.58. The van der Waals surface area contributed by atoms with Crippen molar-refractivity contribution in [3.63, 3.8) is 0 Å². The summed E-state index contributed by atoms with van der Waals surface area (Å²) in [5, 5.41) is 4.08. The van der Waals surface area contributed by atoms with E-state index in [1.165, 1.54) is 11.6 Å². The van der Waals surface area contributed by atoms with E-state index in [4.69, 9.17) is 12.2 Å². The SMILES string of the molecule is Cc1cccc(NC(=S)N2CCN(Cc3cccc(F)c3)CC2)c1. The second-order valence-electron chi connectivity index (χ2n) is 6.19. The van der Waals surface area contributed by atoms with Gasteiger partial charge in [0.2, 0.25) is 0 Å². The average Bonchev–Trinajstić information content (AvgIpc) is 2.55. The third-order valence-electron chi connectivity index (χ3n) is 4.22. The molecule has 2 aromatic rings. The van der Waals surface area contributed by atoms with Crippen molar-refractivity contribution in [2.45, 2.75) is 13.5 Å². The summed E-state index contributed by atoms with van der Waals surface area (Å²) < 4.78 is 13.3. The molecule has 0 spiro atoms. The van der Waals surface area contributed by atoms with Crippen LogP contribution in [-0.2, 0) is 6.54 Å². The van der Waals surface area contributed by atoms with Crippen molar-refractivity contribution < 1.29 is 4.39 Å². The number of nitrogens with zero attached hydrogens (tertiary/aromatic N) is 2. The summed E-state index contributed by atoms with van der Waals surface area (Å²) in [5.74, 6) is -0.172. The normalized spacial score (nSPS) is 15.3. The number of aryl methyl sites for hydroxylation is 1. The molecule has 1 N–H and O–H groups in total. The average molecular weight is 343 g/mol. The Morgan fingerprint density at radius 3 is 2.54 bits per heavy atom. The van der Waals surface area contributed by atoms with E-state index in [2.05, 4.69) is 34.2 Å². The number of halogens is 1. The molecule has 126 valence electrons. The number of piperazine rings is 1. The van der Waals surface area contributed by atoms with Crippen molar-refractivity contribution in [3.05, 3.63) is 65.5 Å². The molecule has 0 bridgehead atoms. The fourth-order valence-electron chi connectivity index (χ4n) is 2.93.